The SMILES string of the molecule is Cc1cn(C2C(=O)NC(=O)NC2O)c(=O)[nH]c1=O. The van der Waals surface area contributed by atoms with Crippen molar-refractivity contribution in [2.45, 2.75) is 19.2 Å². The minimum atomic E-state index is -1.55. The summed E-state index contributed by atoms with van der Waals surface area (Å²) in [6.07, 6.45) is -0.402. The van der Waals surface area contributed by atoms with Gasteiger partial charge in [0.05, 0.1) is 0 Å². The molecule has 1 aliphatic rings. The summed E-state index contributed by atoms with van der Waals surface area (Å²) in [6, 6.07) is -2.18. The summed E-state index contributed by atoms with van der Waals surface area (Å²) in [7, 11) is 0. The van der Waals surface area contributed by atoms with Gasteiger partial charge in [-0.25, -0.2) is 9.59 Å². The van der Waals surface area contributed by atoms with Crippen LogP contribution in [-0.2, 0) is 4.79 Å². The molecule has 0 spiro atoms. The van der Waals surface area contributed by atoms with Crippen LogP contribution in [0.4, 0.5) is 4.79 Å². The zero-order valence-electron chi connectivity index (χ0n) is 9.26. The average Bonchev–Trinajstić information content (AvgIpc) is 2.24. The first kappa shape index (κ1) is 12.0. The molecule has 2 unspecified atom stereocenters. The Hall–Kier alpha value is -2.42. The van der Waals surface area contributed by atoms with Gasteiger partial charge in [-0.2, -0.15) is 0 Å². The molecule has 1 aromatic heterocycles. The van der Waals surface area contributed by atoms with Crippen molar-refractivity contribution in [2.24, 2.45) is 0 Å². The minimum Gasteiger partial charge on any atom is -0.371 e. The fraction of sp³-hybridized carbons (Fsp3) is 0.333. The van der Waals surface area contributed by atoms with Crippen LogP contribution in [0.15, 0.2) is 15.8 Å². The largest absolute Gasteiger partial charge is 0.371 e. The number of aromatic amines is 1. The van der Waals surface area contributed by atoms with Crippen LogP contribution in [-0.4, -0.2) is 32.8 Å². The van der Waals surface area contributed by atoms with Crippen LogP contribution in [0, 0.1) is 6.92 Å². The van der Waals surface area contributed by atoms with Crippen molar-refractivity contribution in [3.63, 3.8) is 0 Å². The Balaban J connectivity index is 2.51. The number of amides is 3. The molecule has 1 aromatic rings. The van der Waals surface area contributed by atoms with Crippen LogP contribution in [0.1, 0.15) is 11.6 Å². The maximum atomic E-state index is 11.6. The number of aliphatic hydroxyl groups excluding tert-OH is 1. The van der Waals surface area contributed by atoms with Gasteiger partial charge in [0.1, 0.15) is 0 Å². The number of aliphatic hydroxyl groups is 1. The lowest BCUT2D eigenvalue weighted by Gasteiger charge is -2.28. The Bertz CT molecular complexity index is 631. The van der Waals surface area contributed by atoms with Crippen LogP contribution in [0.2, 0.25) is 0 Å². The van der Waals surface area contributed by atoms with Crippen molar-refractivity contribution >= 4 is 11.9 Å². The zero-order valence-corrected chi connectivity index (χ0v) is 9.26. The lowest BCUT2D eigenvalue weighted by molar-refractivity contribution is -0.128. The number of nitrogens with zero attached hydrogens (tertiary/aromatic N) is 1. The van der Waals surface area contributed by atoms with E-state index >= 15 is 0 Å². The van der Waals surface area contributed by atoms with E-state index in [0.29, 0.717) is 0 Å². The Morgan fingerprint density at radius 1 is 1.28 bits per heavy atom. The van der Waals surface area contributed by atoms with Crippen molar-refractivity contribution in [1.82, 2.24) is 20.2 Å². The monoisotopic (exact) mass is 254 g/mol. The third kappa shape index (κ3) is 1.91. The second kappa shape index (κ2) is 4.11. The highest BCUT2D eigenvalue weighted by atomic mass is 16.3. The Labute approximate surface area is 99.4 Å². The molecule has 0 aromatic carbocycles. The first-order valence-electron chi connectivity index (χ1n) is 5.01. The van der Waals surface area contributed by atoms with Gasteiger partial charge in [-0.1, -0.05) is 0 Å². The van der Waals surface area contributed by atoms with Crippen LogP contribution in [0.5, 0.6) is 0 Å². The molecule has 1 saturated heterocycles. The molecule has 0 bridgehead atoms. The van der Waals surface area contributed by atoms with Gasteiger partial charge in [0.15, 0.2) is 12.3 Å². The first-order valence-corrected chi connectivity index (χ1v) is 5.01. The Kier molecular flexibility index (Phi) is 2.75. The van der Waals surface area contributed by atoms with Crippen LogP contribution < -0.4 is 21.9 Å². The lowest BCUT2D eigenvalue weighted by Crippen LogP contribution is -2.60. The van der Waals surface area contributed by atoms with E-state index in [1.54, 1.807) is 0 Å². The van der Waals surface area contributed by atoms with E-state index in [1.165, 1.54) is 6.92 Å². The summed E-state index contributed by atoms with van der Waals surface area (Å²) < 4.78 is 0.857. The molecule has 2 atom stereocenters. The molecular weight excluding hydrogens is 244 g/mol. The van der Waals surface area contributed by atoms with E-state index < -0.39 is 35.5 Å². The van der Waals surface area contributed by atoms with Crippen LogP contribution >= 0.6 is 0 Å². The zero-order chi connectivity index (χ0) is 13.4. The first-order chi connectivity index (χ1) is 8.40. The van der Waals surface area contributed by atoms with Crippen molar-refractivity contribution < 1.29 is 14.7 Å². The highest BCUT2D eigenvalue weighted by Crippen LogP contribution is 2.11. The quantitative estimate of drug-likeness (QED) is 0.441. The number of rotatable bonds is 1. The topological polar surface area (TPSA) is 133 Å². The molecule has 18 heavy (non-hydrogen) atoms. The maximum Gasteiger partial charge on any atom is 0.329 e. The number of urea groups is 1. The third-order valence-corrected chi connectivity index (χ3v) is 2.53. The van der Waals surface area contributed by atoms with E-state index in [4.69, 9.17) is 0 Å². The molecule has 1 aliphatic heterocycles. The molecular formula is C9H10N4O5. The van der Waals surface area contributed by atoms with Gasteiger partial charge in [0.25, 0.3) is 11.5 Å². The van der Waals surface area contributed by atoms with Gasteiger partial charge >= 0.3 is 11.7 Å². The number of H-pyrrole nitrogens is 1. The smallest absolute Gasteiger partial charge is 0.329 e. The number of hydrogen-bond acceptors (Lipinski definition) is 5. The van der Waals surface area contributed by atoms with Gasteiger partial charge in [-0.05, 0) is 6.92 Å². The molecule has 9 heteroatoms. The fourth-order valence-electron chi connectivity index (χ4n) is 1.65. The summed E-state index contributed by atoms with van der Waals surface area (Å²) in [5.41, 5.74) is -1.22. The third-order valence-electron chi connectivity index (χ3n) is 2.53. The summed E-state index contributed by atoms with van der Waals surface area (Å²) in [6.45, 7) is 1.44. The summed E-state index contributed by atoms with van der Waals surface area (Å²) >= 11 is 0. The molecule has 4 N–H and O–H groups in total. The number of aryl methyl sites for hydroxylation is 1. The molecule has 2 rings (SSSR count). The number of carbonyl (C=O) groups is 2. The summed E-state index contributed by atoms with van der Waals surface area (Å²) in [5, 5.41) is 13.6. The Morgan fingerprint density at radius 2 is 1.94 bits per heavy atom. The highest BCUT2D eigenvalue weighted by molar-refractivity contribution is 5.99. The fourth-order valence-corrected chi connectivity index (χ4v) is 1.65. The van der Waals surface area contributed by atoms with Crippen molar-refractivity contribution in [3.8, 4) is 0 Å². The van der Waals surface area contributed by atoms with Crippen LogP contribution in [0.25, 0.3) is 0 Å². The second-order valence-electron chi connectivity index (χ2n) is 3.83. The molecule has 1 fully saturated rings. The molecule has 0 saturated carbocycles. The van der Waals surface area contributed by atoms with Gasteiger partial charge in [-0.15, -0.1) is 0 Å². The Morgan fingerprint density at radius 3 is 2.56 bits per heavy atom. The highest BCUT2D eigenvalue weighted by Gasteiger charge is 2.36. The number of carbonyl (C=O) groups excluding carboxylic acids is 2. The molecule has 96 valence electrons. The average molecular weight is 254 g/mol. The second-order valence-corrected chi connectivity index (χ2v) is 3.83. The predicted molar refractivity (Wildman–Crippen MR) is 57.8 cm³/mol. The van der Waals surface area contributed by atoms with E-state index in [1.807, 2.05) is 10.3 Å². The molecule has 0 radical (unpaired) electrons. The lowest BCUT2D eigenvalue weighted by atomic mass is 10.2. The van der Waals surface area contributed by atoms with Crippen molar-refractivity contribution in [3.05, 3.63) is 32.6 Å². The number of nitrogens with one attached hydrogen (secondary N) is 3. The molecule has 9 nitrogen and oxygen atoms in total. The van der Waals surface area contributed by atoms with E-state index in [9.17, 15) is 24.3 Å². The van der Waals surface area contributed by atoms with Gasteiger partial charge in [-0.3, -0.25) is 24.5 Å². The minimum absolute atomic E-state index is 0.200. The van der Waals surface area contributed by atoms with Gasteiger partial charge in [0.2, 0.25) is 0 Å². The van der Waals surface area contributed by atoms with E-state index in [2.05, 4.69) is 5.32 Å². The number of hydrogen-bond donors (Lipinski definition) is 4. The predicted octanol–water partition coefficient (Wildman–Crippen LogP) is -2.46. The molecule has 0 aliphatic carbocycles. The van der Waals surface area contributed by atoms with Gasteiger partial charge in [0, 0.05) is 11.8 Å². The van der Waals surface area contributed by atoms with E-state index in [0.717, 1.165) is 10.8 Å². The molecule has 3 amide bonds. The number of aromatic nitrogens is 2. The standard InChI is InChI=1S/C9H10N4O5/c1-3-2-13(9(18)12-5(3)14)4-6(15)10-8(17)11-7(4)16/h2,4,6,15H,1H3,(H,12,14,18)(H2,10,11,16,17). The van der Waals surface area contributed by atoms with Gasteiger partial charge < -0.3 is 10.4 Å². The molecule has 2 heterocycles. The van der Waals surface area contributed by atoms with Crippen molar-refractivity contribution in [2.75, 3.05) is 0 Å². The van der Waals surface area contributed by atoms with Crippen LogP contribution in [0.3, 0.4) is 0 Å². The summed E-state index contributed by atoms with van der Waals surface area (Å²) in [5.74, 6) is -0.834. The van der Waals surface area contributed by atoms with Crippen molar-refractivity contribution in [1.29, 1.82) is 0 Å². The number of imide groups is 1. The normalized spacial score (nSPS) is 23.4. The van der Waals surface area contributed by atoms with E-state index in [-0.39, 0.29) is 5.56 Å². The maximum absolute atomic E-state index is 11.6. The summed E-state index contributed by atoms with van der Waals surface area (Å²) in [4.78, 5) is 47.3.